The molecule has 150 valence electrons. The highest BCUT2D eigenvalue weighted by Crippen LogP contribution is 2.28. The van der Waals surface area contributed by atoms with E-state index in [-0.39, 0.29) is 0 Å². The first-order chi connectivity index (χ1) is 14.6. The van der Waals surface area contributed by atoms with Gasteiger partial charge in [0.2, 0.25) is 11.9 Å². The van der Waals surface area contributed by atoms with Crippen LogP contribution in [-0.2, 0) is 19.6 Å². The van der Waals surface area contributed by atoms with Gasteiger partial charge in [0, 0.05) is 41.8 Å². The highest BCUT2D eigenvalue weighted by Gasteiger charge is 2.22. The van der Waals surface area contributed by atoms with Crippen molar-refractivity contribution >= 4 is 22.6 Å². The Morgan fingerprint density at radius 1 is 1.13 bits per heavy atom. The van der Waals surface area contributed by atoms with E-state index in [1.165, 1.54) is 5.56 Å². The Kier molecular flexibility index (Phi) is 4.44. The molecule has 30 heavy (non-hydrogen) atoms. The van der Waals surface area contributed by atoms with Crippen molar-refractivity contribution in [1.82, 2.24) is 19.9 Å². The number of nitrogens with zero attached hydrogens (tertiary/aromatic N) is 3. The van der Waals surface area contributed by atoms with Crippen LogP contribution in [0.3, 0.4) is 0 Å². The van der Waals surface area contributed by atoms with E-state index >= 15 is 0 Å². The Hall–Kier alpha value is -3.71. The fraction of sp³-hybridized carbons (Fsp3) is 0.174. The maximum absolute atomic E-state index is 11.9. The van der Waals surface area contributed by atoms with E-state index in [9.17, 15) is 4.79 Å². The number of aryl methyl sites for hydroxylation is 1. The van der Waals surface area contributed by atoms with Gasteiger partial charge in [0.1, 0.15) is 5.82 Å². The van der Waals surface area contributed by atoms with E-state index in [0.717, 1.165) is 40.2 Å². The molecule has 0 radical (unpaired) electrons. The number of benzene rings is 2. The van der Waals surface area contributed by atoms with Gasteiger partial charge in [0.25, 0.3) is 0 Å². The van der Waals surface area contributed by atoms with Gasteiger partial charge < -0.3 is 16.4 Å². The summed E-state index contributed by atoms with van der Waals surface area (Å²) in [5, 5.41) is 7.65. The molecule has 5 rings (SSSR count). The molecule has 4 aromatic rings. The van der Waals surface area contributed by atoms with Gasteiger partial charge in [-0.25, -0.2) is 4.98 Å². The summed E-state index contributed by atoms with van der Waals surface area (Å²) in [7, 11) is 0. The zero-order valence-electron chi connectivity index (χ0n) is 16.6. The fourth-order valence-corrected chi connectivity index (χ4v) is 4.03. The van der Waals surface area contributed by atoms with Crippen molar-refractivity contribution in [3.63, 3.8) is 0 Å². The number of primary amides is 1. The van der Waals surface area contributed by atoms with Crippen molar-refractivity contribution < 1.29 is 4.79 Å². The minimum atomic E-state index is -0.443. The molecule has 7 heteroatoms. The second-order valence-corrected chi connectivity index (χ2v) is 7.46. The lowest BCUT2D eigenvalue weighted by atomic mass is 10.1. The maximum atomic E-state index is 11.9. The summed E-state index contributed by atoms with van der Waals surface area (Å²) >= 11 is 0. The Bertz CT molecular complexity index is 1260. The van der Waals surface area contributed by atoms with Gasteiger partial charge in [0.05, 0.1) is 11.2 Å². The van der Waals surface area contributed by atoms with Crippen LogP contribution < -0.4 is 16.4 Å². The van der Waals surface area contributed by atoms with Gasteiger partial charge in [-0.05, 0) is 30.7 Å². The molecule has 3 heterocycles. The molecule has 1 aliphatic heterocycles. The molecule has 0 bridgehead atoms. The summed E-state index contributed by atoms with van der Waals surface area (Å²) < 4.78 is 1.98. The van der Waals surface area contributed by atoms with Gasteiger partial charge in [-0.2, -0.15) is 4.98 Å². The molecule has 0 saturated heterocycles. The third kappa shape index (κ3) is 3.09. The predicted octanol–water partition coefficient (Wildman–Crippen LogP) is 3.04. The Balaban J connectivity index is 1.61. The highest BCUT2D eigenvalue weighted by molar-refractivity contribution is 6.06. The standard InChI is InChI=1S/C23H22N6O/c1-14-10-17-16(21(24)30)8-5-9-20(17)29(14)23-27-19-13-25-12-18(19)22(28-23)26-11-15-6-3-2-4-7-15/h2-10,25H,11-13H2,1H3,(H2,24,30)(H,26,27,28). The quantitative estimate of drug-likeness (QED) is 0.480. The van der Waals surface area contributed by atoms with Gasteiger partial charge in [0.15, 0.2) is 0 Å². The predicted molar refractivity (Wildman–Crippen MR) is 116 cm³/mol. The fourth-order valence-electron chi connectivity index (χ4n) is 4.03. The lowest BCUT2D eigenvalue weighted by Crippen LogP contribution is -2.12. The van der Waals surface area contributed by atoms with Gasteiger partial charge >= 0.3 is 0 Å². The number of amides is 1. The Morgan fingerprint density at radius 2 is 1.97 bits per heavy atom. The average Bonchev–Trinajstić information content (AvgIpc) is 3.35. The van der Waals surface area contributed by atoms with Crippen LogP contribution in [0.2, 0.25) is 0 Å². The van der Waals surface area contributed by atoms with Gasteiger partial charge in [-0.3, -0.25) is 9.36 Å². The van der Waals surface area contributed by atoms with Gasteiger partial charge in [-0.15, -0.1) is 0 Å². The number of anilines is 1. The Morgan fingerprint density at radius 3 is 2.77 bits per heavy atom. The largest absolute Gasteiger partial charge is 0.366 e. The van der Waals surface area contributed by atoms with Crippen molar-refractivity contribution in [3.05, 3.63) is 82.7 Å². The number of nitrogens with two attached hydrogens (primary N) is 1. The van der Waals surface area contributed by atoms with Gasteiger partial charge in [-0.1, -0.05) is 36.4 Å². The van der Waals surface area contributed by atoms with Crippen LogP contribution in [0.5, 0.6) is 0 Å². The highest BCUT2D eigenvalue weighted by atomic mass is 16.1. The number of carbonyl (C=O) groups excluding carboxylic acids is 1. The summed E-state index contributed by atoms with van der Waals surface area (Å²) in [6.07, 6.45) is 0. The summed E-state index contributed by atoms with van der Waals surface area (Å²) in [6.45, 7) is 4.11. The van der Waals surface area contributed by atoms with E-state index in [1.54, 1.807) is 6.07 Å². The molecule has 1 aliphatic rings. The van der Waals surface area contributed by atoms with E-state index < -0.39 is 5.91 Å². The number of hydrogen-bond acceptors (Lipinski definition) is 5. The van der Waals surface area contributed by atoms with E-state index in [0.29, 0.717) is 24.6 Å². The first kappa shape index (κ1) is 18.3. The monoisotopic (exact) mass is 398 g/mol. The smallest absolute Gasteiger partial charge is 0.249 e. The van der Waals surface area contributed by atoms with Crippen molar-refractivity contribution in [3.8, 4) is 5.95 Å². The van der Waals surface area contributed by atoms with Crippen LogP contribution in [-0.4, -0.2) is 20.4 Å². The SMILES string of the molecule is Cc1cc2c(C(N)=O)cccc2n1-c1nc2c(c(NCc3ccccc3)n1)CNC2. The zero-order valence-corrected chi connectivity index (χ0v) is 16.6. The zero-order chi connectivity index (χ0) is 20.7. The molecule has 0 saturated carbocycles. The van der Waals surface area contributed by atoms with Crippen LogP contribution in [0.1, 0.15) is 32.9 Å². The topological polar surface area (TPSA) is 97.9 Å². The maximum Gasteiger partial charge on any atom is 0.249 e. The molecule has 0 atom stereocenters. The summed E-state index contributed by atoms with van der Waals surface area (Å²) in [6, 6.07) is 17.7. The van der Waals surface area contributed by atoms with E-state index in [4.69, 9.17) is 15.7 Å². The second-order valence-electron chi connectivity index (χ2n) is 7.46. The number of hydrogen-bond donors (Lipinski definition) is 3. The molecule has 0 unspecified atom stereocenters. The number of rotatable bonds is 5. The first-order valence-electron chi connectivity index (χ1n) is 9.91. The number of fused-ring (bicyclic) bond motifs is 2. The number of nitrogens with one attached hydrogen (secondary N) is 2. The lowest BCUT2D eigenvalue weighted by Gasteiger charge is -2.14. The Labute approximate surface area is 174 Å². The minimum absolute atomic E-state index is 0.443. The van der Waals surface area contributed by atoms with E-state index in [1.807, 2.05) is 47.9 Å². The summed E-state index contributed by atoms with van der Waals surface area (Å²) in [4.78, 5) is 21.6. The molecule has 2 aromatic heterocycles. The van der Waals surface area contributed by atoms with Crippen LogP contribution in [0, 0.1) is 6.92 Å². The molecule has 0 fully saturated rings. The number of carbonyl (C=O) groups is 1. The third-order valence-electron chi connectivity index (χ3n) is 5.47. The second kappa shape index (κ2) is 7.27. The average molecular weight is 398 g/mol. The summed E-state index contributed by atoms with van der Waals surface area (Å²) in [5.41, 5.74) is 11.2. The molecule has 7 nitrogen and oxygen atoms in total. The summed E-state index contributed by atoms with van der Waals surface area (Å²) in [5.74, 6) is 0.973. The normalized spacial score (nSPS) is 12.8. The molecular weight excluding hydrogens is 376 g/mol. The lowest BCUT2D eigenvalue weighted by molar-refractivity contribution is 0.100. The minimum Gasteiger partial charge on any atom is -0.366 e. The molecule has 1 amide bonds. The van der Waals surface area contributed by atoms with Crippen LogP contribution in [0.15, 0.2) is 54.6 Å². The molecule has 4 N–H and O–H groups in total. The first-order valence-corrected chi connectivity index (χ1v) is 9.91. The van der Waals surface area contributed by atoms with Crippen LogP contribution in [0.4, 0.5) is 5.82 Å². The molecule has 2 aromatic carbocycles. The molecule has 0 aliphatic carbocycles. The molecule has 0 spiro atoms. The van der Waals surface area contributed by atoms with Crippen molar-refractivity contribution in [1.29, 1.82) is 0 Å². The van der Waals surface area contributed by atoms with Crippen LogP contribution in [0.25, 0.3) is 16.9 Å². The van der Waals surface area contributed by atoms with Crippen LogP contribution >= 0.6 is 0 Å². The van der Waals surface area contributed by atoms with E-state index in [2.05, 4.69) is 22.8 Å². The third-order valence-corrected chi connectivity index (χ3v) is 5.47. The van der Waals surface area contributed by atoms with Crippen molar-refractivity contribution in [2.75, 3.05) is 5.32 Å². The number of aromatic nitrogens is 3. The molecular formula is C23H22N6O. The van der Waals surface area contributed by atoms with Crippen molar-refractivity contribution in [2.45, 2.75) is 26.6 Å². The van der Waals surface area contributed by atoms with Crippen molar-refractivity contribution in [2.24, 2.45) is 5.73 Å².